The first kappa shape index (κ1) is 20.7. The fraction of sp³-hybridized carbons (Fsp3) is 0.235. The fourth-order valence-corrected chi connectivity index (χ4v) is 3.67. The molecule has 0 fully saturated rings. The van der Waals surface area contributed by atoms with Gasteiger partial charge in [-0.05, 0) is 43.3 Å². The van der Waals surface area contributed by atoms with Gasteiger partial charge in [-0.15, -0.1) is 0 Å². The van der Waals surface area contributed by atoms with Crippen LogP contribution in [0, 0.1) is 0 Å². The van der Waals surface area contributed by atoms with Crippen LogP contribution >= 0.6 is 27.5 Å². The summed E-state index contributed by atoms with van der Waals surface area (Å²) in [5, 5.41) is 3.02. The van der Waals surface area contributed by atoms with E-state index in [-0.39, 0.29) is 4.90 Å². The maximum Gasteiger partial charge on any atom is 0.265 e. The van der Waals surface area contributed by atoms with Crippen molar-refractivity contribution >= 4 is 49.1 Å². The van der Waals surface area contributed by atoms with Gasteiger partial charge in [0.2, 0.25) is 10.0 Å². The van der Waals surface area contributed by atoms with Crippen molar-refractivity contribution in [2.75, 3.05) is 19.4 Å². The summed E-state index contributed by atoms with van der Waals surface area (Å²) in [5.74, 6) is -0.0511. The quantitative estimate of drug-likeness (QED) is 0.711. The molecule has 1 amide bonds. The molecule has 0 aromatic heterocycles. The zero-order chi connectivity index (χ0) is 19.5. The first-order valence-electron chi connectivity index (χ1n) is 7.56. The van der Waals surface area contributed by atoms with E-state index >= 15 is 0 Å². The third-order valence-corrected chi connectivity index (χ3v) is 6.05. The van der Waals surface area contributed by atoms with Crippen LogP contribution in [0.5, 0.6) is 5.75 Å². The third-order valence-electron chi connectivity index (χ3n) is 3.45. The van der Waals surface area contributed by atoms with Gasteiger partial charge >= 0.3 is 0 Å². The van der Waals surface area contributed by atoms with Crippen molar-refractivity contribution in [3.05, 3.63) is 52.0 Å². The smallest absolute Gasteiger partial charge is 0.265 e. The molecule has 0 saturated carbocycles. The molecule has 0 radical (unpaired) electrons. The lowest BCUT2D eigenvalue weighted by molar-refractivity contribution is -0.122. The first-order valence-corrected chi connectivity index (χ1v) is 10.2. The molecule has 2 rings (SSSR count). The molecule has 0 heterocycles. The molecule has 26 heavy (non-hydrogen) atoms. The molecule has 9 heteroatoms. The van der Waals surface area contributed by atoms with Gasteiger partial charge in [0.15, 0.2) is 6.10 Å². The summed E-state index contributed by atoms with van der Waals surface area (Å²) in [4.78, 5) is 12.4. The van der Waals surface area contributed by atoms with Crippen molar-refractivity contribution in [2.24, 2.45) is 0 Å². The van der Waals surface area contributed by atoms with Gasteiger partial charge < -0.3 is 10.1 Å². The Morgan fingerprint density at radius 3 is 2.54 bits per heavy atom. The zero-order valence-electron chi connectivity index (χ0n) is 14.4. The highest BCUT2D eigenvalue weighted by atomic mass is 79.9. The average molecular weight is 462 g/mol. The molecule has 6 nitrogen and oxygen atoms in total. The lowest BCUT2D eigenvalue weighted by Gasteiger charge is -2.16. The number of nitrogens with one attached hydrogen (secondary N) is 1. The number of hydrogen-bond donors (Lipinski definition) is 1. The number of benzene rings is 2. The molecule has 0 aliphatic carbocycles. The van der Waals surface area contributed by atoms with Gasteiger partial charge in [-0.3, -0.25) is 4.79 Å². The Morgan fingerprint density at radius 2 is 1.92 bits per heavy atom. The van der Waals surface area contributed by atoms with E-state index in [1.165, 1.54) is 26.2 Å². The number of sulfonamides is 1. The number of nitrogens with zero attached hydrogens (tertiary/aromatic N) is 1. The van der Waals surface area contributed by atoms with Gasteiger partial charge in [-0.2, -0.15) is 0 Å². The summed E-state index contributed by atoms with van der Waals surface area (Å²) in [7, 11) is -0.699. The highest BCUT2D eigenvalue weighted by Gasteiger charge is 2.20. The fourth-order valence-electron chi connectivity index (χ4n) is 2.00. The number of rotatable bonds is 6. The second-order valence-electron chi connectivity index (χ2n) is 5.64. The monoisotopic (exact) mass is 460 g/mol. The lowest BCUT2D eigenvalue weighted by Crippen LogP contribution is -2.30. The van der Waals surface area contributed by atoms with Crippen LogP contribution in [0.1, 0.15) is 6.92 Å². The molecule has 0 aliphatic heterocycles. The molecule has 0 bridgehead atoms. The normalized spacial score (nSPS) is 12.7. The van der Waals surface area contributed by atoms with E-state index in [0.717, 1.165) is 8.78 Å². The highest BCUT2D eigenvalue weighted by molar-refractivity contribution is 9.10. The van der Waals surface area contributed by atoms with Gasteiger partial charge in [0, 0.05) is 24.3 Å². The van der Waals surface area contributed by atoms with Gasteiger partial charge in [-0.25, -0.2) is 12.7 Å². The number of amides is 1. The minimum Gasteiger partial charge on any atom is -0.479 e. The van der Waals surface area contributed by atoms with E-state index in [1.807, 2.05) is 0 Å². The molecule has 0 unspecified atom stereocenters. The van der Waals surface area contributed by atoms with Crippen molar-refractivity contribution < 1.29 is 17.9 Å². The lowest BCUT2D eigenvalue weighted by atomic mass is 10.3. The van der Waals surface area contributed by atoms with Gasteiger partial charge in [0.1, 0.15) is 5.75 Å². The zero-order valence-corrected chi connectivity index (χ0v) is 17.5. The van der Waals surface area contributed by atoms with Crippen LogP contribution in [0.25, 0.3) is 0 Å². The topological polar surface area (TPSA) is 75.7 Å². The van der Waals surface area contributed by atoms with Crippen molar-refractivity contribution in [1.82, 2.24) is 4.31 Å². The summed E-state index contributed by atoms with van der Waals surface area (Å²) in [6.45, 7) is 1.58. The largest absolute Gasteiger partial charge is 0.479 e. The van der Waals surface area contributed by atoms with E-state index in [4.69, 9.17) is 16.3 Å². The van der Waals surface area contributed by atoms with Gasteiger partial charge in [0.25, 0.3) is 5.91 Å². The van der Waals surface area contributed by atoms with E-state index in [0.29, 0.717) is 16.5 Å². The first-order chi connectivity index (χ1) is 12.1. The molecular formula is C17H18BrClN2O4S. The van der Waals surface area contributed by atoms with Gasteiger partial charge in [0.05, 0.1) is 9.92 Å². The van der Waals surface area contributed by atoms with Crippen LogP contribution in [-0.2, 0) is 14.8 Å². The summed E-state index contributed by atoms with van der Waals surface area (Å²) >= 11 is 9.38. The SMILES string of the molecule is C[C@@H](Oc1ccc(Br)cc1Cl)C(=O)Nc1cccc(S(=O)(=O)N(C)C)c1. The Hall–Kier alpha value is -1.61. The average Bonchev–Trinajstić information content (AvgIpc) is 2.57. The van der Waals surface area contributed by atoms with E-state index in [2.05, 4.69) is 21.2 Å². The summed E-state index contributed by atoms with van der Waals surface area (Å²) in [5.41, 5.74) is 0.357. The Labute approximate surface area is 166 Å². The van der Waals surface area contributed by atoms with E-state index in [1.54, 1.807) is 37.3 Å². The molecule has 1 N–H and O–H groups in total. The molecule has 140 valence electrons. The molecule has 0 spiro atoms. The van der Waals surface area contributed by atoms with Crippen molar-refractivity contribution in [3.63, 3.8) is 0 Å². The standard InChI is InChI=1S/C17H18BrClN2O4S/c1-11(25-16-8-7-12(18)9-15(16)19)17(22)20-13-5-4-6-14(10-13)26(23,24)21(2)3/h4-11H,1-3H3,(H,20,22)/t11-/m1/s1. The number of ether oxygens (including phenoxy) is 1. The van der Waals surface area contributed by atoms with Crippen molar-refractivity contribution in [3.8, 4) is 5.75 Å². The van der Waals surface area contributed by atoms with Gasteiger partial charge in [-0.1, -0.05) is 33.6 Å². The number of halogens is 2. The Morgan fingerprint density at radius 1 is 1.23 bits per heavy atom. The van der Waals surface area contributed by atoms with Crippen molar-refractivity contribution in [1.29, 1.82) is 0 Å². The maximum atomic E-state index is 12.3. The highest BCUT2D eigenvalue weighted by Crippen LogP contribution is 2.28. The van der Waals surface area contributed by atoms with Crippen LogP contribution in [0.3, 0.4) is 0 Å². The molecular weight excluding hydrogens is 444 g/mol. The molecule has 0 aliphatic rings. The molecule has 0 saturated heterocycles. The van der Waals surface area contributed by atoms with Crippen LogP contribution in [0.15, 0.2) is 51.8 Å². The van der Waals surface area contributed by atoms with Crippen LogP contribution in [-0.4, -0.2) is 38.8 Å². The summed E-state index contributed by atoms with van der Waals surface area (Å²) in [6.07, 6.45) is -0.831. The van der Waals surface area contributed by atoms with E-state index < -0.39 is 22.0 Å². The minimum atomic E-state index is -3.58. The second-order valence-corrected chi connectivity index (χ2v) is 9.11. The molecule has 1 atom stereocenters. The van der Waals surface area contributed by atoms with Crippen LogP contribution in [0.2, 0.25) is 5.02 Å². The number of carbonyl (C=O) groups is 1. The predicted molar refractivity (Wildman–Crippen MR) is 105 cm³/mol. The predicted octanol–water partition coefficient (Wildman–Crippen LogP) is 3.76. The summed E-state index contributed by atoms with van der Waals surface area (Å²) in [6, 6.07) is 11.1. The van der Waals surface area contributed by atoms with Crippen LogP contribution in [0.4, 0.5) is 5.69 Å². The third kappa shape index (κ3) is 4.97. The Kier molecular flexibility index (Phi) is 6.68. The second kappa shape index (κ2) is 8.39. The molecule has 2 aromatic carbocycles. The van der Waals surface area contributed by atoms with Crippen molar-refractivity contribution in [2.45, 2.75) is 17.9 Å². The van der Waals surface area contributed by atoms with E-state index in [9.17, 15) is 13.2 Å². The Bertz CT molecular complexity index is 919. The number of carbonyl (C=O) groups excluding carboxylic acids is 1. The Balaban J connectivity index is 2.12. The number of anilines is 1. The minimum absolute atomic E-state index is 0.0878. The maximum absolute atomic E-state index is 12.3. The number of hydrogen-bond acceptors (Lipinski definition) is 4. The van der Waals surface area contributed by atoms with Crippen LogP contribution < -0.4 is 10.1 Å². The molecule has 2 aromatic rings. The summed E-state index contributed by atoms with van der Waals surface area (Å²) < 4.78 is 31.8.